The Hall–Kier alpha value is -2.11. The summed E-state index contributed by atoms with van der Waals surface area (Å²) in [6.07, 6.45) is 7.88. The number of aromatic amines is 1. The summed E-state index contributed by atoms with van der Waals surface area (Å²) >= 11 is 6.38. The molecule has 2 unspecified atom stereocenters. The molecule has 1 aromatic carbocycles. The summed E-state index contributed by atoms with van der Waals surface area (Å²) in [5, 5.41) is 5.07. The van der Waals surface area contributed by atoms with Gasteiger partial charge in [0.1, 0.15) is 0 Å². The van der Waals surface area contributed by atoms with E-state index in [1.165, 1.54) is 0 Å². The quantitative estimate of drug-likeness (QED) is 0.673. The highest BCUT2D eigenvalue weighted by Gasteiger charge is 2.20. The van der Waals surface area contributed by atoms with Crippen LogP contribution in [0.3, 0.4) is 0 Å². The molecular formula is C18H20ClN5. The van der Waals surface area contributed by atoms with E-state index in [0.717, 1.165) is 47.8 Å². The van der Waals surface area contributed by atoms with Gasteiger partial charge in [-0.3, -0.25) is 0 Å². The van der Waals surface area contributed by atoms with Gasteiger partial charge < -0.3 is 16.0 Å². The van der Waals surface area contributed by atoms with Crippen molar-refractivity contribution in [3.8, 4) is 11.3 Å². The number of rotatable bonds is 3. The molecule has 2 atom stereocenters. The van der Waals surface area contributed by atoms with Gasteiger partial charge in [-0.1, -0.05) is 23.7 Å². The minimum atomic E-state index is 0.261. The molecule has 0 spiro atoms. The number of nitrogens with one attached hydrogen (secondary N) is 2. The summed E-state index contributed by atoms with van der Waals surface area (Å²) in [6, 6.07) is 8.69. The van der Waals surface area contributed by atoms with E-state index in [4.69, 9.17) is 17.3 Å². The second-order valence-electron chi connectivity index (χ2n) is 6.40. The summed E-state index contributed by atoms with van der Waals surface area (Å²) in [5.74, 6) is 0.612. The van der Waals surface area contributed by atoms with Crippen LogP contribution < -0.4 is 11.1 Å². The van der Waals surface area contributed by atoms with Gasteiger partial charge in [0, 0.05) is 34.7 Å². The van der Waals surface area contributed by atoms with Crippen LogP contribution in [0.25, 0.3) is 22.2 Å². The number of benzene rings is 1. The summed E-state index contributed by atoms with van der Waals surface area (Å²) in [7, 11) is 0. The molecule has 1 aliphatic carbocycles. The predicted octanol–water partition coefficient (Wildman–Crippen LogP) is 3.96. The Bertz CT molecular complexity index is 859. The maximum absolute atomic E-state index is 6.38. The number of hydrogen-bond donors (Lipinski definition) is 3. The number of hydrogen-bond acceptors (Lipinski definition) is 4. The fourth-order valence-corrected chi connectivity index (χ4v) is 3.65. The van der Waals surface area contributed by atoms with Crippen molar-refractivity contribution in [3.63, 3.8) is 0 Å². The molecular weight excluding hydrogens is 322 g/mol. The number of anilines is 1. The fraction of sp³-hybridized carbons (Fsp3) is 0.333. The van der Waals surface area contributed by atoms with Crippen LogP contribution in [0.5, 0.6) is 0 Å². The molecule has 0 amide bonds. The van der Waals surface area contributed by atoms with Crippen molar-refractivity contribution in [1.29, 1.82) is 0 Å². The summed E-state index contributed by atoms with van der Waals surface area (Å²) in [4.78, 5) is 12.2. The number of nitrogens with zero attached hydrogens (tertiary/aromatic N) is 2. The zero-order valence-electron chi connectivity index (χ0n) is 13.3. The van der Waals surface area contributed by atoms with E-state index in [0.29, 0.717) is 17.0 Å². The van der Waals surface area contributed by atoms with Crippen LogP contribution in [0.4, 0.5) is 5.95 Å². The minimum absolute atomic E-state index is 0.261. The van der Waals surface area contributed by atoms with E-state index >= 15 is 0 Å². The van der Waals surface area contributed by atoms with Crippen molar-refractivity contribution in [2.75, 3.05) is 5.32 Å². The molecule has 4 rings (SSSR count). The molecule has 6 heteroatoms. The second-order valence-corrected chi connectivity index (χ2v) is 6.81. The van der Waals surface area contributed by atoms with Gasteiger partial charge in [0.15, 0.2) is 0 Å². The van der Waals surface area contributed by atoms with Crippen LogP contribution >= 0.6 is 11.6 Å². The molecule has 5 nitrogen and oxygen atoms in total. The summed E-state index contributed by atoms with van der Waals surface area (Å²) in [6.45, 7) is 0. The highest BCUT2D eigenvalue weighted by atomic mass is 35.5. The van der Waals surface area contributed by atoms with E-state index in [-0.39, 0.29) is 6.04 Å². The molecule has 0 bridgehead atoms. The number of halogens is 1. The Labute approximate surface area is 145 Å². The van der Waals surface area contributed by atoms with Crippen molar-refractivity contribution in [1.82, 2.24) is 15.0 Å². The molecule has 124 valence electrons. The molecule has 24 heavy (non-hydrogen) atoms. The molecule has 0 radical (unpaired) electrons. The first-order valence-electron chi connectivity index (χ1n) is 8.32. The molecule has 0 aliphatic heterocycles. The van der Waals surface area contributed by atoms with Gasteiger partial charge in [0.25, 0.3) is 0 Å². The Balaban J connectivity index is 1.68. The lowest BCUT2D eigenvalue weighted by molar-refractivity contribution is 0.408. The van der Waals surface area contributed by atoms with Gasteiger partial charge in [-0.25, -0.2) is 9.97 Å². The van der Waals surface area contributed by atoms with Gasteiger partial charge in [-0.05, 0) is 37.8 Å². The molecule has 2 aromatic heterocycles. The molecule has 1 saturated carbocycles. The zero-order chi connectivity index (χ0) is 16.5. The topological polar surface area (TPSA) is 79.6 Å². The second kappa shape index (κ2) is 6.42. The van der Waals surface area contributed by atoms with Crippen LogP contribution in [0.15, 0.2) is 36.7 Å². The van der Waals surface area contributed by atoms with Crippen molar-refractivity contribution in [2.24, 2.45) is 5.73 Å². The first kappa shape index (κ1) is 15.4. The largest absolute Gasteiger partial charge is 0.361 e. The van der Waals surface area contributed by atoms with E-state index in [2.05, 4.69) is 20.3 Å². The lowest BCUT2D eigenvalue weighted by Gasteiger charge is -2.27. The average molecular weight is 342 g/mol. The Morgan fingerprint density at radius 2 is 2.17 bits per heavy atom. The number of fused-ring (bicyclic) bond motifs is 1. The number of aromatic nitrogens is 3. The lowest BCUT2D eigenvalue weighted by atomic mass is 9.92. The normalized spacial score (nSPS) is 21.1. The minimum Gasteiger partial charge on any atom is -0.361 e. The maximum atomic E-state index is 6.38. The molecule has 1 aliphatic rings. The van der Waals surface area contributed by atoms with Crippen molar-refractivity contribution in [2.45, 2.75) is 37.8 Å². The van der Waals surface area contributed by atoms with Crippen LogP contribution in [-0.2, 0) is 0 Å². The monoisotopic (exact) mass is 341 g/mol. The van der Waals surface area contributed by atoms with E-state index in [9.17, 15) is 0 Å². The van der Waals surface area contributed by atoms with E-state index < -0.39 is 0 Å². The lowest BCUT2D eigenvalue weighted by Crippen LogP contribution is -2.35. The van der Waals surface area contributed by atoms with Crippen LogP contribution in [0, 0.1) is 0 Å². The highest BCUT2D eigenvalue weighted by molar-refractivity contribution is 6.33. The highest BCUT2D eigenvalue weighted by Crippen LogP contribution is 2.32. The Kier molecular flexibility index (Phi) is 4.12. The van der Waals surface area contributed by atoms with Crippen LogP contribution in [0.1, 0.15) is 25.7 Å². The van der Waals surface area contributed by atoms with Crippen molar-refractivity contribution < 1.29 is 0 Å². The first-order chi connectivity index (χ1) is 11.7. The first-order valence-corrected chi connectivity index (χ1v) is 8.69. The third-order valence-corrected chi connectivity index (χ3v) is 4.92. The molecule has 2 heterocycles. The molecule has 3 aromatic rings. The van der Waals surface area contributed by atoms with Crippen LogP contribution in [0.2, 0.25) is 5.02 Å². The fourth-order valence-electron chi connectivity index (χ4n) is 3.46. The summed E-state index contributed by atoms with van der Waals surface area (Å²) in [5.41, 5.74) is 8.89. The Morgan fingerprint density at radius 3 is 3.04 bits per heavy atom. The van der Waals surface area contributed by atoms with Gasteiger partial charge in [-0.15, -0.1) is 0 Å². The smallest absolute Gasteiger partial charge is 0.223 e. The Morgan fingerprint density at radius 1 is 1.25 bits per heavy atom. The van der Waals surface area contributed by atoms with Gasteiger partial charge in [-0.2, -0.15) is 0 Å². The maximum Gasteiger partial charge on any atom is 0.223 e. The number of nitrogens with two attached hydrogens (primary N) is 1. The molecule has 0 saturated heterocycles. The standard InChI is InChI=1S/C18H20ClN5/c19-15-10-22-18(23-12-4-1-3-11(20)9-12)24-17(15)14-5-2-6-16-13(14)7-8-21-16/h2,5-8,10-12,21H,1,3-4,9,20H2,(H,22,23,24). The molecule has 4 N–H and O–H groups in total. The third-order valence-electron chi connectivity index (χ3n) is 4.64. The summed E-state index contributed by atoms with van der Waals surface area (Å²) < 4.78 is 0. The number of H-pyrrole nitrogens is 1. The van der Waals surface area contributed by atoms with Gasteiger partial charge in [0.05, 0.1) is 16.9 Å². The average Bonchev–Trinajstić information content (AvgIpc) is 3.05. The van der Waals surface area contributed by atoms with E-state index in [1.807, 2.05) is 30.5 Å². The zero-order valence-corrected chi connectivity index (χ0v) is 14.1. The predicted molar refractivity (Wildman–Crippen MR) is 98.2 cm³/mol. The van der Waals surface area contributed by atoms with Gasteiger partial charge in [0.2, 0.25) is 5.95 Å². The van der Waals surface area contributed by atoms with Crippen molar-refractivity contribution >= 4 is 28.5 Å². The van der Waals surface area contributed by atoms with Gasteiger partial charge >= 0.3 is 0 Å². The third kappa shape index (κ3) is 2.97. The van der Waals surface area contributed by atoms with E-state index in [1.54, 1.807) is 6.20 Å². The van der Waals surface area contributed by atoms with Crippen molar-refractivity contribution in [3.05, 3.63) is 41.7 Å². The van der Waals surface area contributed by atoms with Crippen LogP contribution in [-0.4, -0.2) is 27.0 Å². The SMILES string of the molecule is NC1CCCC(Nc2ncc(Cl)c(-c3cccc4[nH]ccc34)n2)C1. The molecule has 1 fully saturated rings.